The molecule has 3 N–H and O–H groups in total. The zero-order chi connectivity index (χ0) is 15.2. The fourth-order valence-electron chi connectivity index (χ4n) is 2.20. The SMILES string of the molecule is CNC(=O)c1ccc(C)c(NC(=O)CC2CNCCO2)c1.Cl. The topological polar surface area (TPSA) is 79.5 Å². The Labute approximate surface area is 136 Å². The number of amides is 2. The van der Waals surface area contributed by atoms with Gasteiger partial charge in [0.05, 0.1) is 19.1 Å². The lowest BCUT2D eigenvalue weighted by atomic mass is 10.1. The van der Waals surface area contributed by atoms with E-state index in [1.807, 2.05) is 13.0 Å². The van der Waals surface area contributed by atoms with Crippen LogP contribution in [-0.2, 0) is 9.53 Å². The second kappa shape index (κ2) is 8.73. The lowest BCUT2D eigenvalue weighted by molar-refractivity contribution is -0.119. The third kappa shape index (κ3) is 4.98. The number of aryl methyl sites for hydroxylation is 1. The Morgan fingerprint density at radius 3 is 2.82 bits per heavy atom. The summed E-state index contributed by atoms with van der Waals surface area (Å²) in [6.45, 7) is 4.03. The van der Waals surface area contributed by atoms with Gasteiger partial charge in [-0.25, -0.2) is 0 Å². The van der Waals surface area contributed by atoms with Gasteiger partial charge in [0.15, 0.2) is 0 Å². The molecule has 0 bridgehead atoms. The Bertz CT molecular complexity index is 531. The summed E-state index contributed by atoms with van der Waals surface area (Å²) in [7, 11) is 1.58. The number of benzene rings is 1. The summed E-state index contributed by atoms with van der Waals surface area (Å²) in [5.41, 5.74) is 2.09. The fourth-order valence-corrected chi connectivity index (χ4v) is 2.20. The van der Waals surface area contributed by atoms with Crippen LogP contribution in [0, 0.1) is 6.92 Å². The molecule has 1 aliphatic heterocycles. The van der Waals surface area contributed by atoms with E-state index in [4.69, 9.17) is 4.74 Å². The average Bonchev–Trinajstić information content (AvgIpc) is 2.49. The molecule has 1 aliphatic rings. The molecule has 2 rings (SSSR count). The van der Waals surface area contributed by atoms with Crippen molar-refractivity contribution in [3.05, 3.63) is 29.3 Å². The summed E-state index contributed by atoms with van der Waals surface area (Å²) < 4.78 is 5.51. The van der Waals surface area contributed by atoms with Crippen LogP contribution in [0.15, 0.2) is 18.2 Å². The van der Waals surface area contributed by atoms with Crippen LogP contribution in [0.25, 0.3) is 0 Å². The monoisotopic (exact) mass is 327 g/mol. The summed E-state index contributed by atoms with van der Waals surface area (Å²) in [4.78, 5) is 23.7. The normalized spacial score (nSPS) is 17.3. The zero-order valence-corrected chi connectivity index (χ0v) is 13.6. The number of hydrogen-bond acceptors (Lipinski definition) is 4. The molecule has 1 saturated heterocycles. The van der Waals surface area contributed by atoms with Gasteiger partial charge in [0, 0.05) is 31.4 Å². The van der Waals surface area contributed by atoms with E-state index in [0.717, 1.165) is 12.1 Å². The Kier molecular flexibility index (Phi) is 7.31. The van der Waals surface area contributed by atoms with Gasteiger partial charge in [-0.1, -0.05) is 6.07 Å². The number of carbonyl (C=O) groups excluding carboxylic acids is 2. The minimum atomic E-state index is -0.176. The standard InChI is InChI=1S/C15H21N3O3.ClH/c1-10-3-4-11(15(20)16-2)7-13(10)18-14(19)8-12-9-17-5-6-21-12;/h3-4,7,12,17H,5-6,8-9H2,1-2H3,(H,16,20)(H,18,19);1H. The van der Waals surface area contributed by atoms with Crippen LogP contribution in [0.3, 0.4) is 0 Å². The molecule has 0 radical (unpaired) electrons. The van der Waals surface area contributed by atoms with Gasteiger partial charge in [-0.15, -0.1) is 12.4 Å². The number of rotatable bonds is 4. The first-order valence-electron chi connectivity index (χ1n) is 7.05. The molecule has 0 aromatic heterocycles. The predicted octanol–water partition coefficient (Wildman–Crippen LogP) is 1.09. The van der Waals surface area contributed by atoms with Crippen molar-refractivity contribution in [2.24, 2.45) is 0 Å². The van der Waals surface area contributed by atoms with Crippen molar-refractivity contribution in [1.82, 2.24) is 10.6 Å². The minimum Gasteiger partial charge on any atom is -0.375 e. The minimum absolute atomic E-state index is 0. The van der Waals surface area contributed by atoms with Crippen LogP contribution in [0.2, 0.25) is 0 Å². The maximum Gasteiger partial charge on any atom is 0.251 e. The highest BCUT2D eigenvalue weighted by Crippen LogP contribution is 2.17. The second-order valence-corrected chi connectivity index (χ2v) is 5.06. The Hall–Kier alpha value is -1.63. The summed E-state index contributed by atoms with van der Waals surface area (Å²) in [5, 5.41) is 8.61. The molecule has 1 heterocycles. The molecule has 1 aromatic rings. The van der Waals surface area contributed by atoms with Gasteiger partial charge in [-0.3, -0.25) is 9.59 Å². The first-order chi connectivity index (χ1) is 10.1. The summed E-state index contributed by atoms with van der Waals surface area (Å²) in [6, 6.07) is 5.24. The summed E-state index contributed by atoms with van der Waals surface area (Å²) in [6.07, 6.45) is 0.206. The molecule has 1 atom stereocenters. The third-order valence-electron chi connectivity index (χ3n) is 3.42. The predicted molar refractivity (Wildman–Crippen MR) is 87.7 cm³/mol. The molecule has 22 heavy (non-hydrogen) atoms. The molecule has 1 aromatic carbocycles. The van der Waals surface area contributed by atoms with Gasteiger partial charge in [0.1, 0.15) is 0 Å². The molecule has 2 amide bonds. The van der Waals surface area contributed by atoms with Crippen molar-refractivity contribution in [2.75, 3.05) is 32.1 Å². The maximum absolute atomic E-state index is 12.1. The first kappa shape index (κ1) is 18.4. The molecular formula is C15H22ClN3O3. The van der Waals surface area contributed by atoms with E-state index in [9.17, 15) is 9.59 Å². The van der Waals surface area contributed by atoms with Gasteiger partial charge in [-0.2, -0.15) is 0 Å². The van der Waals surface area contributed by atoms with Crippen LogP contribution >= 0.6 is 12.4 Å². The molecule has 0 saturated carbocycles. The van der Waals surface area contributed by atoms with Crippen LogP contribution in [0.4, 0.5) is 5.69 Å². The van der Waals surface area contributed by atoms with E-state index in [2.05, 4.69) is 16.0 Å². The maximum atomic E-state index is 12.1. The van der Waals surface area contributed by atoms with Crippen LogP contribution in [0.5, 0.6) is 0 Å². The quantitative estimate of drug-likeness (QED) is 0.773. The molecule has 0 aliphatic carbocycles. The molecule has 122 valence electrons. The molecule has 7 heteroatoms. The number of nitrogens with one attached hydrogen (secondary N) is 3. The highest BCUT2D eigenvalue weighted by molar-refractivity contribution is 5.97. The summed E-state index contributed by atoms with van der Waals surface area (Å²) in [5.74, 6) is -0.286. The highest BCUT2D eigenvalue weighted by atomic mass is 35.5. The Balaban J connectivity index is 0.00000242. The van der Waals surface area contributed by atoms with E-state index >= 15 is 0 Å². The van der Waals surface area contributed by atoms with Gasteiger partial charge in [-0.05, 0) is 24.6 Å². The first-order valence-corrected chi connectivity index (χ1v) is 7.05. The number of carbonyl (C=O) groups is 2. The van der Waals surface area contributed by atoms with E-state index in [0.29, 0.717) is 30.8 Å². The Morgan fingerprint density at radius 2 is 2.18 bits per heavy atom. The zero-order valence-electron chi connectivity index (χ0n) is 12.8. The van der Waals surface area contributed by atoms with Gasteiger partial charge in [0.2, 0.25) is 5.91 Å². The van der Waals surface area contributed by atoms with Crippen molar-refractivity contribution >= 4 is 29.9 Å². The largest absolute Gasteiger partial charge is 0.375 e. The lowest BCUT2D eigenvalue weighted by Crippen LogP contribution is -2.40. The molecule has 6 nitrogen and oxygen atoms in total. The molecule has 1 unspecified atom stereocenters. The van der Waals surface area contributed by atoms with Crippen molar-refractivity contribution in [3.63, 3.8) is 0 Å². The number of anilines is 1. The van der Waals surface area contributed by atoms with Crippen LogP contribution < -0.4 is 16.0 Å². The van der Waals surface area contributed by atoms with Crippen LogP contribution in [-0.4, -0.2) is 44.7 Å². The highest BCUT2D eigenvalue weighted by Gasteiger charge is 2.18. The molecule has 0 spiro atoms. The van der Waals surface area contributed by atoms with E-state index in [-0.39, 0.29) is 30.3 Å². The third-order valence-corrected chi connectivity index (χ3v) is 3.42. The average molecular weight is 328 g/mol. The number of ether oxygens (including phenoxy) is 1. The fraction of sp³-hybridized carbons (Fsp3) is 0.467. The van der Waals surface area contributed by atoms with Crippen molar-refractivity contribution in [2.45, 2.75) is 19.4 Å². The van der Waals surface area contributed by atoms with Crippen molar-refractivity contribution < 1.29 is 14.3 Å². The number of morpholine rings is 1. The molecular weight excluding hydrogens is 306 g/mol. The van der Waals surface area contributed by atoms with Crippen LogP contribution in [0.1, 0.15) is 22.3 Å². The number of hydrogen-bond donors (Lipinski definition) is 3. The summed E-state index contributed by atoms with van der Waals surface area (Å²) >= 11 is 0. The van der Waals surface area contributed by atoms with E-state index < -0.39 is 0 Å². The van der Waals surface area contributed by atoms with Crippen molar-refractivity contribution in [3.8, 4) is 0 Å². The lowest BCUT2D eigenvalue weighted by Gasteiger charge is -2.23. The van der Waals surface area contributed by atoms with Gasteiger partial charge < -0.3 is 20.7 Å². The smallest absolute Gasteiger partial charge is 0.251 e. The Morgan fingerprint density at radius 1 is 1.41 bits per heavy atom. The second-order valence-electron chi connectivity index (χ2n) is 5.06. The van der Waals surface area contributed by atoms with E-state index in [1.54, 1.807) is 19.2 Å². The number of halogens is 1. The van der Waals surface area contributed by atoms with Gasteiger partial charge >= 0.3 is 0 Å². The van der Waals surface area contributed by atoms with Gasteiger partial charge in [0.25, 0.3) is 5.91 Å². The van der Waals surface area contributed by atoms with E-state index in [1.165, 1.54) is 0 Å². The van der Waals surface area contributed by atoms with Crippen molar-refractivity contribution in [1.29, 1.82) is 0 Å². The molecule has 1 fully saturated rings.